The van der Waals surface area contributed by atoms with E-state index in [-0.39, 0.29) is 16.4 Å². The number of nitrogens with zero attached hydrogens (tertiary/aromatic N) is 1. The third-order valence-electron chi connectivity index (χ3n) is 6.54. The third-order valence-corrected chi connectivity index (χ3v) is 8.56. The van der Waals surface area contributed by atoms with Gasteiger partial charge in [-0.1, -0.05) is 66.2 Å². The molecule has 0 saturated heterocycles. The fraction of sp³-hybridized carbons (Fsp3) is 0.219. The van der Waals surface area contributed by atoms with Crippen molar-refractivity contribution in [3.8, 4) is 0 Å². The fourth-order valence-electron chi connectivity index (χ4n) is 4.38. The van der Waals surface area contributed by atoms with Gasteiger partial charge in [-0.25, -0.2) is 13.2 Å². The lowest BCUT2D eigenvalue weighted by molar-refractivity contribution is 0.0526. The number of hydrogen-bond donors (Lipinski definition) is 1. The van der Waals surface area contributed by atoms with Gasteiger partial charge in [-0.15, -0.1) is 0 Å². The molecule has 1 unspecified atom stereocenters. The summed E-state index contributed by atoms with van der Waals surface area (Å²) in [6, 6.07) is 29.9. The number of aliphatic hydroxyl groups is 1. The van der Waals surface area contributed by atoms with E-state index in [1.807, 2.05) is 42.5 Å². The number of benzene rings is 4. The molecule has 8 heteroatoms. The molecule has 6 nitrogen and oxygen atoms in total. The first kappa shape index (κ1) is 29.5. The number of esters is 1. The molecule has 208 valence electrons. The molecule has 1 N–H and O–H groups in total. The molecule has 4 aromatic carbocycles. The first-order valence-corrected chi connectivity index (χ1v) is 14.9. The molecule has 0 aliphatic heterocycles. The van der Waals surface area contributed by atoms with Gasteiger partial charge in [0.25, 0.3) is 0 Å². The van der Waals surface area contributed by atoms with E-state index in [0.717, 1.165) is 16.7 Å². The van der Waals surface area contributed by atoms with Gasteiger partial charge in [-0.05, 0) is 78.6 Å². The molecule has 4 aromatic rings. The largest absolute Gasteiger partial charge is 0.462 e. The molecule has 0 aromatic heterocycles. The number of rotatable bonds is 12. The van der Waals surface area contributed by atoms with E-state index in [0.29, 0.717) is 36.6 Å². The molecule has 0 radical (unpaired) electrons. The summed E-state index contributed by atoms with van der Waals surface area (Å²) in [5.41, 5.74) is 3.18. The first-order valence-electron chi connectivity index (χ1n) is 13.1. The predicted octanol–water partition coefficient (Wildman–Crippen LogP) is 6.13. The highest BCUT2D eigenvalue weighted by atomic mass is 35.5. The summed E-state index contributed by atoms with van der Waals surface area (Å²) in [6.07, 6.45) is -0.0333. The Morgan fingerprint density at radius 3 is 2.15 bits per heavy atom. The van der Waals surface area contributed by atoms with E-state index in [2.05, 4.69) is 17.0 Å². The maximum atomic E-state index is 13.1. The number of halogens is 1. The summed E-state index contributed by atoms with van der Waals surface area (Å²) in [5.74, 6) is -0.489. The van der Waals surface area contributed by atoms with E-state index in [1.165, 1.54) is 24.3 Å². The maximum Gasteiger partial charge on any atom is 0.338 e. The second kappa shape index (κ2) is 13.7. The summed E-state index contributed by atoms with van der Waals surface area (Å²) in [4.78, 5) is 14.3. The van der Waals surface area contributed by atoms with Crippen molar-refractivity contribution in [3.05, 3.63) is 130 Å². The number of hydrogen-bond acceptors (Lipinski definition) is 6. The van der Waals surface area contributed by atoms with Crippen LogP contribution in [-0.4, -0.2) is 44.1 Å². The van der Waals surface area contributed by atoms with Crippen LogP contribution in [0.15, 0.2) is 113 Å². The van der Waals surface area contributed by atoms with Gasteiger partial charge in [0, 0.05) is 24.7 Å². The maximum absolute atomic E-state index is 13.1. The first-order chi connectivity index (χ1) is 19.3. The normalized spacial score (nSPS) is 12.3. The van der Waals surface area contributed by atoms with Crippen molar-refractivity contribution in [1.82, 2.24) is 4.90 Å². The molecular weight excluding hydrogens is 546 g/mol. The minimum atomic E-state index is -3.74. The molecule has 40 heavy (non-hydrogen) atoms. The summed E-state index contributed by atoms with van der Waals surface area (Å²) in [5, 5.41) is 11.5. The molecule has 0 spiro atoms. The second-order valence-electron chi connectivity index (χ2n) is 9.43. The molecule has 0 saturated carbocycles. The second-order valence-corrected chi connectivity index (χ2v) is 11.8. The Kier molecular flexibility index (Phi) is 10.1. The molecule has 0 heterocycles. The van der Waals surface area contributed by atoms with Crippen LogP contribution < -0.4 is 0 Å². The number of carbonyl (C=O) groups excluding carboxylic acids is 1. The van der Waals surface area contributed by atoms with E-state index < -0.39 is 21.9 Å². The number of carbonyl (C=O) groups is 1. The van der Waals surface area contributed by atoms with Crippen molar-refractivity contribution in [2.45, 2.75) is 35.8 Å². The van der Waals surface area contributed by atoms with Gasteiger partial charge >= 0.3 is 5.97 Å². The van der Waals surface area contributed by atoms with Crippen LogP contribution in [0.3, 0.4) is 0 Å². The molecular formula is C32H32ClNO5S. The minimum absolute atomic E-state index is 0.109. The van der Waals surface area contributed by atoms with E-state index >= 15 is 0 Å². The van der Waals surface area contributed by atoms with Crippen molar-refractivity contribution in [2.75, 3.05) is 19.7 Å². The highest BCUT2D eigenvalue weighted by Gasteiger charge is 2.19. The minimum Gasteiger partial charge on any atom is -0.462 e. The van der Waals surface area contributed by atoms with Gasteiger partial charge in [-0.2, -0.15) is 0 Å². The van der Waals surface area contributed by atoms with E-state index in [9.17, 15) is 18.3 Å². The van der Waals surface area contributed by atoms with Crippen LogP contribution in [0, 0.1) is 0 Å². The Morgan fingerprint density at radius 1 is 0.875 bits per heavy atom. The van der Waals surface area contributed by atoms with Crippen molar-refractivity contribution in [2.24, 2.45) is 0 Å². The lowest BCUT2D eigenvalue weighted by atomic mass is 10.1. The molecule has 0 aliphatic carbocycles. The number of sulfone groups is 1. The summed E-state index contributed by atoms with van der Waals surface area (Å²) < 4.78 is 31.2. The van der Waals surface area contributed by atoms with Crippen LogP contribution in [0.1, 0.15) is 40.1 Å². The molecule has 0 fully saturated rings. The smallest absolute Gasteiger partial charge is 0.338 e. The van der Waals surface area contributed by atoms with Gasteiger partial charge in [0.15, 0.2) is 0 Å². The van der Waals surface area contributed by atoms with Gasteiger partial charge in [0.05, 0.1) is 28.1 Å². The summed E-state index contributed by atoms with van der Waals surface area (Å²) >= 11 is 6.13. The van der Waals surface area contributed by atoms with Crippen molar-refractivity contribution >= 4 is 27.4 Å². The Balaban J connectivity index is 1.44. The van der Waals surface area contributed by atoms with Gasteiger partial charge in [0.1, 0.15) is 0 Å². The number of aliphatic hydroxyl groups excluding tert-OH is 1. The molecule has 0 aliphatic rings. The zero-order valence-corrected chi connectivity index (χ0v) is 23.8. The average Bonchev–Trinajstić information content (AvgIpc) is 2.97. The van der Waals surface area contributed by atoms with Crippen LogP contribution in [0.2, 0.25) is 5.02 Å². The highest BCUT2D eigenvalue weighted by molar-refractivity contribution is 7.91. The van der Waals surface area contributed by atoms with Crippen molar-refractivity contribution in [1.29, 1.82) is 0 Å². The van der Waals surface area contributed by atoms with Crippen LogP contribution in [0.5, 0.6) is 0 Å². The van der Waals surface area contributed by atoms with Crippen LogP contribution in [0.4, 0.5) is 0 Å². The van der Waals surface area contributed by atoms with E-state index in [4.69, 9.17) is 16.3 Å². The zero-order valence-electron chi connectivity index (χ0n) is 22.2. The van der Waals surface area contributed by atoms with Crippen LogP contribution in [-0.2, 0) is 27.5 Å². The van der Waals surface area contributed by atoms with Gasteiger partial charge < -0.3 is 9.84 Å². The molecule has 4 rings (SSSR count). The number of ether oxygens (including phenoxy) is 1. The quantitative estimate of drug-likeness (QED) is 0.204. The average molecular weight is 578 g/mol. The van der Waals surface area contributed by atoms with Gasteiger partial charge in [0.2, 0.25) is 9.84 Å². The van der Waals surface area contributed by atoms with Gasteiger partial charge in [-0.3, -0.25) is 4.90 Å². The fourth-order valence-corrected chi connectivity index (χ4v) is 5.84. The lowest BCUT2D eigenvalue weighted by Crippen LogP contribution is -2.30. The molecule has 0 bridgehead atoms. The predicted molar refractivity (Wildman–Crippen MR) is 156 cm³/mol. The monoisotopic (exact) mass is 577 g/mol. The zero-order chi connectivity index (χ0) is 28.5. The summed E-state index contributed by atoms with van der Waals surface area (Å²) in [7, 11) is -3.74. The van der Waals surface area contributed by atoms with Crippen LogP contribution >= 0.6 is 11.6 Å². The van der Waals surface area contributed by atoms with Crippen molar-refractivity contribution < 1.29 is 23.1 Å². The standard InChI is InChI=1S/C32H32ClNO5S/c1-2-39-32(36)26-13-17-30(18-14-26)40(37,38)29-15-11-24(12-16-29)19-20-34(22-25-7-4-3-5-8-25)23-31(35)27-9-6-10-28(33)21-27/h3-18,21,31,35H,2,19-20,22-23H2,1H3. The van der Waals surface area contributed by atoms with Crippen molar-refractivity contribution in [3.63, 3.8) is 0 Å². The molecule has 1 atom stereocenters. The summed E-state index contributed by atoms with van der Waals surface area (Å²) in [6.45, 7) is 3.70. The highest BCUT2D eigenvalue weighted by Crippen LogP contribution is 2.23. The SMILES string of the molecule is CCOC(=O)c1ccc(S(=O)(=O)c2ccc(CCN(Cc3ccccc3)CC(O)c3cccc(Cl)c3)cc2)cc1. The van der Waals surface area contributed by atoms with E-state index in [1.54, 1.807) is 31.2 Å². The lowest BCUT2D eigenvalue weighted by Gasteiger charge is -2.25. The Hall–Kier alpha value is -3.49. The van der Waals surface area contributed by atoms with Crippen LogP contribution in [0.25, 0.3) is 0 Å². The Labute approximate surface area is 240 Å². The Morgan fingerprint density at radius 2 is 1.52 bits per heavy atom. The third kappa shape index (κ3) is 7.79. The Bertz CT molecular complexity index is 1510. The molecule has 0 amide bonds. The topological polar surface area (TPSA) is 83.9 Å².